The molecule has 1 unspecified atom stereocenters. The smallest absolute Gasteiger partial charge is 0.337 e. The second-order valence-corrected chi connectivity index (χ2v) is 9.95. The first kappa shape index (κ1) is 25.2. The molecule has 4 aromatic rings. The number of rotatable bonds is 5. The molecule has 1 N–H and O–H groups in total. The van der Waals surface area contributed by atoms with Gasteiger partial charge in [0.15, 0.2) is 5.13 Å². The van der Waals surface area contributed by atoms with Gasteiger partial charge in [0.1, 0.15) is 11.5 Å². The lowest BCUT2D eigenvalue weighted by molar-refractivity contribution is -0.132. The number of esters is 1. The van der Waals surface area contributed by atoms with Gasteiger partial charge in [-0.2, -0.15) is 0 Å². The molecule has 0 spiro atoms. The minimum Gasteiger partial charge on any atom is -0.507 e. The summed E-state index contributed by atoms with van der Waals surface area (Å²) >= 11 is 1.30. The number of aryl methyl sites for hydroxylation is 2. The summed E-state index contributed by atoms with van der Waals surface area (Å²) in [6.07, 6.45) is 0. The molecule has 3 aromatic carbocycles. The van der Waals surface area contributed by atoms with E-state index in [1.807, 2.05) is 26.0 Å². The van der Waals surface area contributed by atoms with Crippen LogP contribution >= 0.6 is 11.3 Å². The molecule has 0 radical (unpaired) electrons. The number of benzene rings is 3. The molecule has 0 bridgehead atoms. The molecule has 1 aliphatic heterocycles. The van der Waals surface area contributed by atoms with E-state index in [9.17, 15) is 19.5 Å². The highest BCUT2D eigenvalue weighted by molar-refractivity contribution is 7.22. The number of anilines is 1. The Morgan fingerprint density at radius 1 is 1.00 bits per heavy atom. The molecule has 8 nitrogen and oxygen atoms in total. The van der Waals surface area contributed by atoms with Crippen LogP contribution in [-0.4, -0.2) is 42.0 Å². The van der Waals surface area contributed by atoms with E-state index in [-0.39, 0.29) is 11.3 Å². The van der Waals surface area contributed by atoms with Gasteiger partial charge in [0.2, 0.25) is 0 Å². The second kappa shape index (κ2) is 9.75. The number of hydrogen-bond donors (Lipinski definition) is 1. The van der Waals surface area contributed by atoms with Crippen molar-refractivity contribution in [1.82, 2.24) is 4.98 Å². The van der Waals surface area contributed by atoms with Gasteiger partial charge in [0.25, 0.3) is 5.78 Å². The predicted octanol–water partition coefficient (Wildman–Crippen LogP) is 5.33. The van der Waals surface area contributed by atoms with Crippen molar-refractivity contribution in [2.45, 2.75) is 19.9 Å². The molecular weight excluding hydrogens is 504 g/mol. The fourth-order valence-electron chi connectivity index (χ4n) is 4.65. The Balaban J connectivity index is 1.72. The SMILES string of the molecule is COC(=O)c1ccc(C2C(=C(O)c3cccc(OC)c3)C(=O)C(=O)N2c2nc3c(C)cc(C)cc3s2)cc1. The predicted molar refractivity (Wildman–Crippen MR) is 145 cm³/mol. The number of nitrogens with zero attached hydrogens (tertiary/aromatic N) is 2. The van der Waals surface area contributed by atoms with Gasteiger partial charge >= 0.3 is 11.9 Å². The van der Waals surface area contributed by atoms with E-state index < -0.39 is 23.7 Å². The van der Waals surface area contributed by atoms with Crippen molar-refractivity contribution in [3.63, 3.8) is 0 Å². The Morgan fingerprint density at radius 2 is 1.74 bits per heavy atom. The number of carbonyl (C=O) groups excluding carboxylic acids is 3. The van der Waals surface area contributed by atoms with E-state index in [4.69, 9.17) is 14.5 Å². The number of Topliss-reactive ketones (excluding diaryl/α,β-unsaturated/α-hetero) is 1. The van der Waals surface area contributed by atoms with Gasteiger partial charge in [-0.3, -0.25) is 14.5 Å². The molecule has 1 amide bonds. The Bertz CT molecular complexity index is 1640. The van der Waals surface area contributed by atoms with Crippen molar-refractivity contribution in [2.24, 2.45) is 0 Å². The Hall–Kier alpha value is -4.50. The summed E-state index contributed by atoms with van der Waals surface area (Å²) in [5.74, 6) is -2.00. The van der Waals surface area contributed by atoms with Crippen LogP contribution in [-0.2, 0) is 14.3 Å². The Kier molecular flexibility index (Phi) is 6.46. The monoisotopic (exact) mass is 528 g/mol. The molecule has 1 atom stereocenters. The summed E-state index contributed by atoms with van der Waals surface area (Å²) in [6.45, 7) is 3.92. The summed E-state index contributed by atoms with van der Waals surface area (Å²) in [5, 5.41) is 11.7. The summed E-state index contributed by atoms with van der Waals surface area (Å²) in [7, 11) is 2.79. The Labute approximate surface area is 222 Å². The largest absolute Gasteiger partial charge is 0.507 e. The van der Waals surface area contributed by atoms with Gasteiger partial charge in [0.05, 0.1) is 41.6 Å². The highest BCUT2D eigenvalue weighted by atomic mass is 32.1. The zero-order valence-corrected chi connectivity index (χ0v) is 22.0. The first-order chi connectivity index (χ1) is 18.2. The normalized spacial score (nSPS) is 16.7. The zero-order chi connectivity index (χ0) is 27.1. The van der Waals surface area contributed by atoms with Crippen LogP contribution in [0.2, 0.25) is 0 Å². The number of methoxy groups -OCH3 is 2. The van der Waals surface area contributed by atoms with E-state index in [1.54, 1.807) is 48.5 Å². The van der Waals surface area contributed by atoms with Gasteiger partial charge in [-0.1, -0.05) is 41.7 Å². The quantitative estimate of drug-likeness (QED) is 0.161. The van der Waals surface area contributed by atoms with Gasteiger partial charge in [-0.15, -0.1) is 0 Å². The van der Waals surface area contributed by atoms with Crippen LogP contribution in [0, 0.1) is 13.8 Å². The first-order valence-electron chi connectivity index (χ1n) is 11.7. The van der Waals surface area contributed by atoms with Crippen molar-refractivity contribution < 1.29 is 29.0 Å². The van der Waals surface area contributed by atoms with Crippen molar-refractivity contribution >= 4 is 50.1 Å². The fraction of sp³-hybridized carbons (Fsp3) is 0.172. The molecule has 5 rings (SSSR count). The number of ether oxygens (including phenoxy) is 2. The van der Waals surface area contributed by atoms with Crippen molar-refractivity contribution in [1.29, 1.82) is 0 Å². The van der Waals surface area contributed by atoms with E-state index in [0.29, 0.717) is 27.6 Å². The number of aliphatic hydroxyl groups is 1. The zero-order valence-electron chi connectivity index (χ0n) is 21.1. The standard InChI is InChI=1S/C29H24N2O6S/c1-15-12-16(2)23-21(13-15)38-29(30-23)31-24(17-8-10-18(11-9-17)28(35)37-4)22(26(33)27(31)34)25(32)19-6-5-7-20(14-19)36-3/h5-14,24,32H,1-4H3. The fourth-order valence-corrected chi connectivity index (χ4v) is 5.82. The van der Waals surface area contributed by atoms with Crippen LogP contribution in [0.15, 0.2) is 66.2 Å². The number of hydrogen-bond acceptors (Lipinski definition) is 8. The third-order valence-corrected chi connectivity index (χ3v) is 7.46. The number of aromatic nitrogens is 1. The maximum absolute atomic E-state index is 13.5. The minimum atomic E-state index is -0.977. The minimum absolute atomic E-state index is 0.0822. The Morgan fingerprint density at radius 3 is 2.42 bits per heavy atom. The molecule has 1 saturated heterocycles. The summed E-state index contributed by atoms with van der Waals surface area (Å²) in [4.78, 5) is 45.0. The van der Waals surface area contributed by atoms with Crippen molar-refractivity contribution in [2.75, 3.05) is 19.1 Å². The maximum atomic E-state index is 13.5. The molecular formula is C29H24N2O6S. The number of thiazole rings is 1. The van der Waals surface area contributed by atoms with Crippen LogP contribution in [0.4, 0.5) is 5.13 Å². The second-order valence-electron chi connectivity index (χ2n) is 8.94. The molecule has 1 aliphatic rings. The molecule has 38 heavy (non-hydrogen) atoms. The molecule has 2 heterocycles. The van der Waals surface area contributed by atoms with Crippen LogP contribution in [0.25, 0.3) is 16.0 Å². The highest BCUT2D eigenvalue weighted by Crippen LogP contribution is 2.45. The van der Waals surface area contributed by atoms with Gasteiger partial charge in [0, 0.05) is 5.56 Å². The number of ketones is 1. The molecule has 0 aliphatic carbocycles. The summed E-state index contributed by atoms with van der Waals surface area (Å²) in [6, 6.07) is 16.0. The number of aliphatic hydroxyl groups excluding tert-OH is 1. The average Bonchev–Trinajstić information content (AvgIpc) is 3.46. The van der Waals surface area contributed by atoms with Gasteiger partial charge in [-0.25, -0.2) is 9.78 Å². The van der Waals surface area contributed by atoms with Gasteiger partial charge in [-0.05, 0) is 60.9 Å². The number of amides is 1. The van der Waals surface area contributed by atoms with Crippen molar-refractivity contribution in [3.8, 4) is 5.75 Å². The molecule has 0 saturated carbocycles. The van der Waals surface area contributed by atoms with Crippen LogP contribution < -0.4 is 9.64 Å². The summed E-state index contributed by atoms with van der Waals surface area (Å²) in [5.41, 5.74) is 3.83. The number of carbonyl (C=O) groups is 3. The number of fused-ring (bicyclic) bond motifs is 1. The van der Waals surface area contributed by atoms with Crippen LogP contribution in [0.3, 0.4) is 0 Å². The van der Waals surface area contributed by atoms with Crippen molar-refractivity contribution in [3.05, 3.63) is 94.1 Å². The lowest BCUT2D eigenvalue weighted by atomic mass is 9.94. The molecule has 192 valence electrons. The van der Waals surface area contributed by atoms with E-state index >= 15 is 0 Å². The first-order valence-corrected chi connectivity index (χ1v) is 12.6. The lowest BCUT2D eigenvalue weighted by Gasteiger charge is -2.23. The van der Waals surface area contributed by atoms with E-state index in [2.05, 4.69) is 0 Å². The summed E-state index contributed by atoms with van der Waals surface area (Å²) < 4.78 is 10.9. The molecule has 9 heteroatoms. The van der Waals surface area contributed by atoms with E-state index in [1.165, 1.54) is 30.5 Å². The van der Waals surface area contributed by atoms with Gasteiger partial charge < -0.3 is 14.6 Å². The van der Waals surface area contributed by atoms with Crippen LogP contribution in [0.1, 0.15) is 38.7 Å². The van der Waals surface area contributed by atoms with Crippen LogP contribution in [0.5, 0.6) is 5.75 Å². The highest BCUT2D eigenvalue weighted by Gasteiger charge is 2.48. The molecule has 1 aromatic heterocycles. The average molecular weight is 529 g/mol. The topological polar surface area (TPSA) is 106 Å². The third kappa shape index (κ3) is 4.20. The lowest BCUT2D eigenvalue weighted by Crippen LogP contribution is -2.29. The van der Waals surface area contributed by atoms with E-state index in [0.717, 1.165) is 21.3 Å². The third-order valence-electron chi connectivity index (χ3n) is 6.46. The maximum Gasteiger partial charge on any atom is 0.337 e. The molecule has 1 fully saturated rings.